The molecule has 3 aromatic rings. The van der Waals surface area contributed by atoms with Crippen molar-refractivity contribution in [3.63, 3.8) is 0 Å². The van der Waals surface area contributed by atoms with Crippen LogP contribution in [0.15, 0.2) is 35.1 Å². The van der Waals surface area contributed by atoms with Crippen molar-refractivity contribution in [3.8, 4) is 11.5 Å². The average molecular weight is 243 g/mol. The highest BCUT2D eigenvalue weighted by Crippen LogP contribution is 2.20. The van der Waals surface area contributed by atoms with Crippen molar-refractivity contribution in [1.82, 2.24) is 14.6 Å². The van der Waals surface area contributed by atoms with E-state index in [0.717, 1.165) is 0 Å². The number of furan rings is 1. The fraction of sp³-hybridized carbons (Fsp3) is 0.0833. The van der Waals surface area contributed by atoms with Crippen molar-refractivity contribution in [2.75, 3.05) is 0 Å². The first-order chi connectivity index (χ1) is 8.66. The zero-order chi connectivity index (χ0) is 12.7. The molecular formula is C12H9N3O3. The third kappa shape index (κ3) is 1.46. The smallest absolute Gasteiger partial charge is 0.339 e. The number of aryl methyl sites for hydroxylation is 1. The molecule has 18 heavy (non-hydrogen) atoms. The largest absolute Gasteiger partial charge is 0.478 e. The lowest BCUT2D eigenvalue weighted by Gasteiger charge is -2.01. The highest BCUT2D eigenvalue weighted by atomic mass is 16.4. The Balaban J connectivity index is 2.24. The predicted octanol–water partition coefficient (Wildman–Crippen LogP) is 2.00. The van der Waals surface area contributed by atoms with Gasteiger partial charge in [0.15, 0.2) is 11.4 Å². The molecule has 0 amide bonds. The van der Waals surface area contributed by atoms with Crippen LogP contribution in [0.25, 0.3) is 17.1 Å². The molecule has 0 fully saturated rings. The molecule has 0 saturated heterocycles. The molecule has 3 rings (SSSR count). The van der Waals surface area contributed by atoms with Crippen molar-refractivity contribution >= 4 is 11.6 Å². The third-order valence-corrected chi connectivity index (χ3v) is 2.73. The van der Waals surface area contributed by atoms with E-state index in [1.54, 1.807) is 31.4 Å². The van der Waals surface area contributed by atoms with E-state index >= 15 is 0 Å². The van der Waals surface area contributed by atoms with Gasteiger partial charge in [-0.05, 0) is 19.1 Å². The summed E-state index contributed by atoms with van der Waals surface area (Å²) in [4.78, 5) is 15.1. The maximum Gasteiger partial charge on any atom is 0.339 e. The molecule has 3 heterocycles. The summed E-state index contributed by atoms with van der Waals surface area (Å²) in [5.74, 6) is -0.395. The Morgan fingerprint density at radius 1 is 1.50 bits per heavy atom. The molecule has 6 heteroatoms. The fourth-order valence-corrected chi connectivity index (χ4v) is 1.80. The molecule has 3 aromatic heterocycles. The second-order valence-electron chi connectivity index (χ2n) is 3.84. The number of carboxylic acid groups (broad SMARTS) is 1. The lowest BCUT2D eigenvalue weighted by atomic mass is 10.2. The molecule has 0 unspecified atom stereocenters. The van der Waals surface area contributed by atoms with Crippen LogP contribution in [0.5, 0.6) is 0 Å². The van der Waals surface area contributed by atoms with Crippen LogP contribution in [0.1, 0.15) is 16.1 Å². The number of fused-ring (bicyclic) bond motifs is 1. The molecule has 0 aromatic carbocycles. The number of aromatic nitrogens is 3. The van der Waals surface area contributed by atoms with Gasteiger partial charge in [0.05, 0.1) is 17.5 Å². The Labute approximate surface area is 101 Å². The van der Waals surface area contributed by atoms with E-state index in [-0.39, 0.29) is 5.56 Å². The second kappa shape index (κ2) is 3.69. The molecule has 0 spiro atoms. The summed E-state index contributed by atoms with van der Waals surface area (Å²) >= 11 is 0. The van der Waals surface area contributed by atoms with Gasteiger partial charge in [-0.2, -0.15) is 5.10 Å². The number of rotatable bonds is 2. The van der Waals surface area contributed by atoms with Crippen molar-refractivity contribution in [2.45, 2.75) is 6.92 Å². The van der Waals surface area contributed by atoms with Gasteiger partial charge < -0.3 is 9.52 Å². The van der Waals surface area contributed by atoms with E-state index in [2.05, 4.69) is 10.1 Å². The second-order valence-corrected chi connectivity index (χ2v) is 3.84. The van der Waals surface area contributed by atoms with Crippen LogP contribution in [0, 0.1) is 6.92 Å². The molecular weight excluding hydrogens is 234 g/mol. The standard InChI is InChI=1S/C12H9N3O3/c1-7-8(12(16)17)6-13-11-5-9(14-15(7)11)10-3-2-4-18-10/h2-6H,1H3,(H,16,17). The molecule has 0 aliphatic rings. The summed E-state index contributed by atoms with van der Waals surface area (Å²) in [5.41, 5.74) is 1.88. The fourth-order valence-electron chi connectivity index (χ4n) is 1.80. The topological polar surface area (TPSA) is 80.6 Å². The summed E-state index contributed by atoms with van der Waals surface area (Å²) in [7, 11) is 0. The summed E-state index contributed by atoms with van der Waals surface area (Å²) < 4.78 is 6.75. The van der Waals surface area contributed by atoms with Gasteiger partial charge in [-0.1, -0.05) is 0 Å². The van der Waals surface area contributed by atoms with Gasteiger partial charge in [-0.15, -0.1) is 0 Å². The Hall–Kier alpha value is -2.63. The van der Waals surface area contributed by atoms with Crippen LogP contribution < -0.4 is 0 Å². The summed E-state index contributed by atoms with van der Waals surface area (Å²) in [6, 6.07) is 5.30. The van der Waals surface area contributed by atoms with Crippen molar-refractivity contribution in [2.24, 2.45) is 0 Å². The lowest BCUT2D eigenvalue weighted by Crippen LogP contribution is -2.06. The Bertz CT molecular complexity index is 728. The van der Waals surface area contributed by atoms with E-state index in [1.165, 1.54) is 10.7 Å². The SMILES string of the molecule is Cc1c(C(=O)O)cnc2cc(-c3ccco3)nn12. The minimum Gasteiger partial charge on any atom is -0.478 e. The maximum absolute atomic E-state index is 11.0. The van der Waals surface area contributed by atoms with E-state index in [1.807, 2.05) is 0 Å². The normalized spacial score (nSPS) is 10.9. The first-order valence-corrected chi connectivity index (χ1v) is 5.29. The van der Waals surface area contributed by atoms with Gasteiger partial charge in [-0.3, -0.25) is 0 Å². The van der Waals surface area contributed by atoms with Crippen LogP contribution >= 0.6 is 0 Å². The number of carboxylic acids is 1. The van der Waals surface area contributed by atoms with Crippen molar-refractivity contribution in [1.29, 1.82) is 0 Å². The highest BCUT2D eigenvalue weighted by molar-refractivity contribution is 5.88. The molecule has 0 radical (unpaired) electrons. The number of carbonyl (C=O) groups is 1. The van der Waals surface area contributed by atoms with Crippen LogP contribution in [0.3, 0.4) is 0 Å². The number of nitrogens with zero attached hydrogens (tertiary/aromatic N) is 3. The molecule has 1 N–H and O–H groups in total. The van der Waals surface area contributed by atoms with E-state index in [4.69, 9.17) is 9.52 Å². The average Bonchev–Trinajstić information content (AvgIpc) is 2.97. The minimum absolute atomic E-state index is 0.136. The summed E-state index contributed by atoms with van der Waals surface area (Å²) in [6.45, 7) is 1.69. The molecule has 0 aliphatic heterocycles. The highest BCUT2D eigenvalue weighted by Gasteiger charge is 2.14. The number of hydrogen-bond acceptors (Lipinski definition) is 4. The van der Waals surface area contributed by atoms with Gasteiger partial charge in [0.25, 0.3) is 0 Å². The van der Waals surface area contributed by atoms with Crippen molar-refractivity contribution < 1.29 is 14.3 Å². The van der Waals surface area contributed by atoms with E-state index in [9.17, 15) is 4.79 Å². The molecule has 6 nitrogen and oxygen atoms in total. The van der Waals surface area contributed by atoms with Crippen molar-refractivity contribution in [3.05, 3.63) is 41.9 Å². The summed E-state index contributed by atoms with van der Waals surface area (Å²) in [6.07, 6.45) is 2.89. The van der Waals surface area contributed by atoms with Crippen LogP contribution in [-0.2, 0) is 0 Å². The van der Waals surface area contributed by atoms with Gasteiger partial charge in [-0.25, -0.2) is 14.3 Å². The Kier molecular flexibility index (Phi) is 2.16. The quantitative estimate of drug-likeness (QED) is 0.744. The van der Waals surface area contributed by atoms with E-state index < -0.39 is 5.97 Å². The molecule has 90 valence electrons. The van der Waals surface area contributed by atoms with Crippen LogP contribution in [0.4, 0.5) is 0 Å². The molecule has 0 aliphatic carbocycles. The Morgan fingerprint density at radius 3 is 3.00 bits per heavy atom. The molecule has 0 bridgehead atoms. The maximum atomic E-state index is 11.0. The first-order valence-electron chi connectivity index (χ1n) is 5.29. The van der Waals surface area contributed by atoms with Gasteiger partial charge in [0.2, 0.25) is 0 Å². The van der Waals surface area contributed by atoms with Gasteiger partial charge >= 0.3 is 5.97 Å². The van der Waals surface area contributed by atoms with Gasteiger partial charge in [0, 0.05) is 12.3 Å². The zero-order valence-corrected chi connectivity index (χ0v) is 9.49. The summed E-state index contributed by atoms with van der Waals surface area (Å²) in [5, 5.41) is 13.3. The third-order valence-electron chi connectivity index (χ3n) is 2.73. The zero-order valence-electron chi connectivity index (χ0n) is 9.49. The number of hydrogen-bond donors (Lipinski definition) is 1. The Morgan fingerprint density at radius 2 is 2.33 bits per heavy atom. The minimum atomic E-state index is -1.02. The lowest BCUT2D eigenvalue weighted by molar-refractivity contribution is 0.0695. The molecule has 0 atom stereocenters. The monoisotopic (exact) mass is 243 g/mol. The van der Waals surface area contributed by atoms with Crippen LogP contribution in [-0.4, -0.2) is 25.7 Å². The first kappa shape index (κ1) is 10.5. The van der Waals surface area contributed by atoms with E-state index in [0.29, 0.717) is 22.8 Å². The predicted molar refractivity (Wildman–Crippen MR) is 62.4 cm³/mol. The van der Waals surface area contributed by atoms with Gasteiger partial charge in [0.1, 0.15) is 5.69 Å². The molecule has 0 saturated carbocycles. The van der Waals surface area contributed by atoms with Crippen LogP contribution in [0.2, 0.25) is 0 Å². The number of aromatic carboxylic acids is 1.